The summed E-state index contributed by atoms with van der Waals surface area (Å²) in [6, 6.07) is 0.997. The molecule has 0 fully saturated rings. The number of nitrogens with one attached hydrogen (secondary N) is 1. The first-order valence-corrected chi connectivity index (χ1v) is 6.91. The van der Waals surface area contributed by atoms with Crippen LogP contribution >= 0.6 is 11.4 Å². The van der Waals surface area contributed by atoms with Crippen LogP contribution in [-0.4, -0.2) is 36.1 Å². The fourth-order valence-electron chi connectivity index (χ4n) is 1.13. The van der Waals surface area contributed by atoms with Gasteiger partial charge in [-0.05, 0) is 12.7 Å². The van der Waals surface area contributed by atoms with Crippen LogP contribution in [0.3, 0.4) is 0 Å². The van der Waals surface area contributed by atoms with E-state index in [2.05, 4.69) is 11.9 Å². The molecule has 1 amide bonds. The van der Waals surface area contributed by atoms with Crippen molar-refractivity contribution in [2.75, 3.05) is 12.9 Å². The van der Waals surface area contributed by atoms with E-state index in [1.54, 1.807) is 12.1 Å². The van der Waals surface area contributed by atoms with E-state index in [0.29, 0.717) is 12.8 Å². The molecule has 0 unspecified atom stereocenters. The molecule has 0 spiro atoms. The Hall–Kier alpha value is -1.61. The highest BCUT2D eigenvalue weighted by Gasteiger charge is 2.20. The number of esters is 1. The molecule has 6 heteroatoms. The lowest BCUT2D eigenvalue weighted by atomic mass is 10.2. The van der Waals surface area contributed by atoms with Gasteiger partial charge in [-0.2, -0.15) is 5.26 Å². The number of amides is 1. The van der Waals surface area contributed by atoms with E-state index in [0.717, 1.165) is 11.4 Å². The zero-order valence-electron chi connectivity index (χ0n) is 10.4. The van der Waals surface area contributed by atoms with Gasteiger partial charge in [0.2, 0.25) is 5.91 Å². The lowest BCUT2D eigenvalue weighted by molar-refractivity contribution is -0.146. The second-order valence-corrected chi connectivity index (χ2v) is 4.27. The molecule has 0 saturated heterocycles. The van der Waals surface area contributed by atoms with Crippen LogP contribution in [-0.2, 0) is 14.3 Å². The summed E-state index contributed by atoms with van der Waals surface area (Å²) in [5.41, 5.74) is 0. The molecule has 0 rings (SSSR count). The smallest absolute Gasteiger partial charge is 0.330 e. The van der Waals surface area contributed by atoms with Crippen molar-refractivity contribution in [1.29, 1.82) is 5.26 Å². The Morgan fingerprint density at radius 1 is 1.61 bits per heavy atom. The minimum absolute atomic E-state index is 0.227. The summed E-state index contributed by atoms with van der Waals surface area (Å²) >= 11 is 1.01. The summed E-state index contributed by atoms with van der Waals surface area (Å²) in [4.78, 5) is 23.1. The molecule has 0 aliphatic rings. The predicted octanol–water partition coefficient (Wildman–Crippen LogP) is 0.792. The average Bonchev–Trinajstić information content (AvgIpc) is 2.38. The average molecular weight is 270 g/mol. The Balaban J connectivity index is 4.38. The van der Waals surface area contributed by atoms with Crippen molar-refractivity contribution >= 4 is 28.6 Å². The van der Waals surface area contributed by atoms with Crippen LogP contribution in [0.15, 0.2) is 12.7 Å². The summed E-state index contributed by atoms with van der Waals surface area (Å²) in [7, 11) is 0. The van der Waals surface area contributed by atoms with Crippen LogP contribution < -0.4 is 5.32 Å². The van der Waals surface area contributed by atoms with Crippen LogP contribution in [0.2, 0.25) is 0 Å². The lowest BCUT2D eigenvalue weighted by Gasteiger charge is -2.14. The van der Waals surface area contributed by atoms with Crippen LogP contribution in [0, 0.1) is 11.3 Å². The second kappa shape index (κ2) is 10.5. The van der Waals surface area contributed by atoms with E-state index >= 15 is 0 Å². The predicted molar refractivity (Wildman–Crippen MR) is 73.5 cm³/mol. The number of thiol groups is 1. The monoisotopic (exact) mass is 270 g/mol. The molecule has 1 N–H and O–H groups in total. The van der Waals surface area contributed by atoms with Gasteiger partial charge in [0.25, 0.3) is 0 Å². The van der Waals surface area contributed by atoms with Gasteiger partial charge in [-0.15, -0.1) is 6.58 Å². The van der Waals surface area contributed by atoms with Crippen molar-refractivity contribution in [1.82, 2.24) is 5.32 Å². The third kappa shape index (κ3) is 7.63. The van der Waals surface area contributed by atoms with E-state index in [1.807, 2.05) is 11.6 Å². The van der Waals surface area contributed by atoms with Crippen LogP contribution in [0.4, 0.5) is 0 Å². The van der Waals surface area contributed by atoms with Crippen LogP contribution in [0.5, 0.6) is 0 Å². The second-order valence-electron chi connectivity index (χ2n) is 3.39. The number of hydrogen-bond acceptors (Lipinski definition) is 4. The van der Waals surface area contributed by atoms with E-state index in [4.69, 9.17) is 10.00 Å². The maximum Gasteiger partial charge on any atom is 0.330 e. The summed E-state index contributed by atoms with van der Waals surface area (Å²) in [6.07, 6.45) is 4.79. The summed E-state index contributed by atoms with van der Waals surface area (Å²) in [5.74, 6) is -0.807. The summed E-state index contributed by atoms with van der Waals surface area (Å²) in [5, 5.41) is 12.8. The van der Waals surface area contributed by atoms with Gasteiger partial charge in [0.1, 0.15) is 12.1 Å². The molecule has 0 bridgehead atoms. The number of hydrogen-bond donors (Lipinski definition) is 2. The first-order valence-electron chi connectivity index (χ1n) is 5.50. The van der Waals surface area contributed by atoms with Gasteiger partial charge >= 0.3 is 5.97 Å². The van der Waals surface area contributed by atoms with Gasteiger partial charge in [-0.3, -0.25) is 4.79 Å². The van der Waals surface area contributed by atoms with Gasteiger partial charge < -0.3 is 10.1 Å². The Labute approximate surface area is 111 Å². The maximum absolute atomic E-state index is 11.6. The molecule has 0 aliphatic carbocycles. The van der Waals surface area contributed by atoms with Crippen LogP contribution in [0.25, 0.3) is 0 Å². The van der Waals surface area contributed by atoms with Gasteiger partial charge in [-0.1, -0.05) is 11.4 Å². The van der Waals surface area contributed by atoms with Crippen molar-refractivity contribution in [2.24, 2.45) is 0 Å². The Bertz CT molecular complexity index is 361. The molecule has 100 valence electrons. The zero-order valence-corrected chi connectivity index (χ0v) is 11.3. The van der Waals surface area contributed by atoms with E-state index in [9.17, 15) is 9.59 Å². The number of nitriles is 1. The van der Waals surface area contributed by atoms with Crippen LogP contribution in [0.1, 0.15) is 19.3 Å². The van der Waals surface area contributed by atoms with E-state index in [1.165, 1.54) is 0 Å². The first kappa shape index (κ1) is 16.4. The molecule has 0 saturated carbocycles. The highest BCUT2D eigenvalue weighted by Crippen LogP contribution is 1.98. The third-order valence-electron chi connectivity index (χ3n) is 2.00. The quantitative estimate of drug-likeness (QED) is 0.296. The molecule has 0 aromatic rings. The molecule has 0 aliphatic heterocycles. The van der Waals surface area contributed by atoms with E-state index < -0.39 is 12.0 Å². The highest BCUT2D eigenvalue weighted by molar-refractivity contribution is 7.96. The summed E-state index contributed by atoms with van der Waals surface area (Å²) < 4.78 is 4.70. The molecule has 18 heavy (non-hydrogen) atoms. The largest absolute Gasteiger partial charge is 0.449 e. The maximum atomic E-state index is 11.6. The molecule has 0 radical (unpaired) electrons. The fourth-order valence-corrected chi connectivity index (χ4v) is 1.55. The topological polar surface area (TPSA) is 79.2 Å². The molecule has 5 nitrogen and oxygen atoms in total. The van der Waals surface area contributed by atoms with Gasteiger partial charge in [0.05, 0.1) is 0 Å². The molecule has 0 heterocycles. The fraction of sp³-hybridized carbons (Fsp3) is 0.500. The molecule has 1 atom stereocenters. The van der Waals surface area contributed by atoms with Crippen molar-refractivity contribution in [3.63, 3.8) is 0 Å². The lowest BCUT2D eigenvalue weighted by Crippen LogP contribution is -2.42. The number of carbonyl (C=O) groups excluding carboxylic acids is 2. The normalized spacial score (nSPS) is 12.0. The van der Waals surface area contributed by atoms with Gasteiger partial charge in [0, 0.05) is 12.8 Å². The molecular weight excluding hydrogens is 252 g/mol. The van der Waals surface area contributed by atoms with Crippen molar-refractivity contribution in [3.05, 3.63) is 12.7 Å². The summed E-state index contributed by atoms with van der Waals surface area (Å²) in [6.45, 7) is 3.22. The Kier molecular flexibility index (Phi) is 9.60. The highest BCUT2D eigenvalue weighted by atomic mass is 32.1. The SMILES string of the molecule is C=CCCC(=O)N[C@@H](CC=[SH]C)C(=O)OCC#N. The van der Waals surface area contributed by atoms with Crippen molar-refractivity contribution in [2.45, 2.75) is 25.3 Å². The minimum Gasteiger partial charge on any atom is -0.449 e. The number of rotatable bonds is 8. The number of allylic oxidation sites excluding steroid dienone is 1. The standard InChI is InChI=1S/C12H18N2O3S/c1-3-4-5-11(15)14-10(6-9-18-2)12(16)17-8-7-13/h3,9-10,18H,1,4-6,8H2,2H3,(H,14,15)/t10-/m0/s1. The van der Waals surface area contributed by atoms with Gasteiger partial charge in [-0.25, -0.2) is 16.1 Å². The van der Waals surface area contributed by atoms with E-state index in [-0.39, 0.29) is 18.9 Å². The third-order valence-corrected chi connectivity index (χ3v) is 2.57. The Morgan fingerprint density at radius 2 is 2.33 bits per heavy atom. The van der Waals surface area contributed by atoms with Gasteiger partial charge in [0.15, 0.2) is 6.61 Å². The first-order chi connectivity index (χ1) is 8.65. The molecule has 0 aromatic carbocycles. The molecule has 0 aromatic heterocycles. The Morgan fingerprint density at radius 3 is 2.89 bits per heavy atom. The van der Waals surface area contributed by atoms with Crippen molar-refractivity contribution in [3.8, 4) is 6.07 Å². The van der Waals surface area contributed by atoms with Crippen molar-refractivity contribution < 1.29 is 14.3 Å². The molecular formula is C12H18N2O3S. The zero-order chi connectivity index (χ0) is 13.8. The minimum atomic E-state index is -0.719. The number of carbonyl (C=O) groups is 2. The number of ether oxygens (including phenoxy) is 1. The number of nitrogens with zero attached hydrogens (tertiary/aromatic N) is 1.